The maximum Gasteiger partial charge on any atom is 0.00949 e. The van der Waals surface area contributed by atoms with Crippen LogP contribution in [0.3, 0.4) is 0 Å². The first-order chi connectivity index (χ1) is 6.79. The molecule has 0 aromatic heterocycles. The van der Waals surface area contributed by atoms with E-state index in [1.54, 1.807) is 0 Å². The van der Waals surface area contributed by atoms with Gasteiger partial charge in [0, 0.05) is 5.71 Å². The quantitative estimate of drug-likeness (QED) is 0.682. The smallest absolute Gasteiger partial charge is 0.00949 e. The van der Waals surface area contributed by atoms with Crippen molar-refractivity contribution in [1.29, 1.82) is 5.41 Å². The lowest BCUT2D eigenvalue weighted by molar-refractivity contribution is 0.152. The highest BCUT2D eigenvalue weighted by Gasteiger charge is 2.29. The first-order valence-corrected chi connectivity index (χ1v) is 6.36. The second kappa shape index (κ2) is 4.46. The zero-order valence-corrected chi connectivity index (χ0v) is 9.39. The summed E-state index contributed by atoms with van der Waals surface area (Å²) in [6.07, 6.45) is 10.9. The summed E-state index contributed by atoms with van der Waals surface area (Å²) >= 11 is 0. The molecule has 2 atom stereocenters. The lowest BCUT2D eigenvalue weighted by atomic mass is 9.69. The molecule has 1 N–H and O–H groups in total. The average molecular weight is 193 g/mol. The topological polar surface area (TPSA) is 23.9 Å². The van der Waals surface area contributed by atoms with Crippen LogP contribution in [0, 0.1) is 23.2 Å². The lowest BCUT2D eigenvalue weighted by Gasteiger charge is -2.37. The summed E-state index contributed by atoms with van der Waals surface area (Å²) in [6, 6.07) is 0. The van der Waals surface area contributed by atoms with Crippen LogP contribution in [-0.2, 0) is 0 Å². The van der Waals surface area contributed by atoms with E-state index < -0.39 is 0 Å². The van der Waals surface area contributed by atoms with Crippen molar-refractivity contribution in [2.24, 2.45) is 17.8 Å². The molecular formula is C13H23N. The van der Waals surface area contributed by atoms with E-state index in [0.717, 1.165) is 36.3 Å². The van der Waals surface area contributed by atoms with Gasteiger partial charge in [0.2, 0.25) is 0 Å². The number of nitrogens with one attached hydrogen (secondary N) is 1. The van der Waals surface area contributed by atoms with Gasteiger partial charge in [-0.2, -0.15) is 0 Å². The molecule has 2 unspecified atom stereocenters. The Labute approximate surface area is 87.8 Å². The molecule has 0 spiro atoms. The SMILES string of the molecule is CCC1CCC1CCCC1CC(=N)C1. The van der Waals surface area contributed by atoms with E-state index in [4.69, 9.17) is 5.41 Å². The monoisotopic (exact) mass is 193 g/mol. The van der Waals surface area contributed by atoms with Crippen LogP contribution in [-0.4, -0.2) is 5.71 Å². The highest BCUT2D eigenvalue weighted by atomic mass is 14.5. The normalized spacial score (nSPS) is 36.4. The summed E-state index contributed by atoms with van der Waals surface area (Å²) in [5, 5.41) is 7.39. The number of rotatable bonds is 5. The van der Waals surface area contributed by atoms with Crippen molar-refractivity contribution in [3.05, 3.63) is 0 Å². The molecule has 0 aromatic carbocycles. The lowest BCUT2D eigenvalue weighted by Crippen LogP contribution is -2.26. The Kier molecular flexibility index (Phi) is 3.25. The third-order valence-electron chi connectivity index (χ3n) is 4.36. The van der Waals surface area contributed by atoms with Gasteiger partial charge < -0.3 is 5.41 Å². The average Bonchev–Trinajstić information content (AvgIpc) is 2.07. The van der Waals surface area contributed by atoms with E-state index in [1.165, 1.54) is 38.5 Å². The number of hydrogen-bond donors (Lipinski definition) is 1. The van der Waals surface area contributed by atoms with Gasteiger partial charge in [-0.05, 0) is 49.9 Å². The molecule has 0 aliphatic heterocycles. The van der Waals surface area contributed by atoms with Crippen molar-refractivity contribution in [2.75, 3.05) is 0 Å². The molecule has 0 bridgehead atoms. The summed E-state index contributed by atoms with van der Waals surface area (Å²) in [5.74, 6) is 3.02. The molecule has 0 aromatic rings. The van der Waals surface area contributed by atoms with E-state index in [1.807, 2.05) is 0 Å². The number of hydrogen-bond acceptors (Lipinski definition) is 1. The minimum Gasteiger partial charge on any atom is -0.310 e. The van der Waals surface area contributed by atoms with Gasteiger partial charge in [0.05, 0.1) is 0 Å². The van der Waals surface area contributed by atoms with Crippen molar-refractivity contribution >= 4 is 5.71 Å². The summed E-state index contributed by atoms with van der Waals surface area (Å²) in [5.41, 5.74) is 0.991. The second-order valence-corrected chi connectivity index (χ2v) is 5.31. The molecule has 0 amide bonds. The summed E-state index contributed by atoms with van der Waals surface area (Å²) < 4.78 is 0. The van der Waals surface area contributed by atoms with Crippen molar-refractivity contribution in [3.8, 4) is 0 Å². The highest BCUT2D eigenvalue weighted by Crippen LogP contribution is 2.40. The van der Waals surface area contributed by atoms with Crippen LogP contribution in [0.1, 0.15) is 58.3 Å². The Bertz CT molecular complexity index is 199. The molecule has 2 saturated carbocycles. The molecule has 2 aliphatic rings. The van der Waals surface area contributed by atoms with Crippen molar-refractivity contribution in [3.63, 3.8) is 0 Å². The van der Waals surface area contributed by atoms with Crippen molar-refractivity contribution in [2.45, 2.75) is 58.3 Å². The predicted octanol–water partition coefficient (Wildman–Crippen LogP) is 4.02. The first kappa shape index (κ1) is 10.2. The van der Waals surface area contributed by atoms with E-state index >= 15 is 0 Å². The van der Waals surface area contributed by atoms with Gasteiger partial charge in [0.25, 0.3) is 0 Å². The Morgan fingerprint density at radius 3 is 2.36 bits per heavy atom. The molecule has 0 heterocycles. The van der Waals surface area contributed by atoms with Gasteiger partial charge in [-0.1, -0.05) is 26.2 Å². The summed E-state index contributed by atoms with van der Waals surface area (Å²) in [7, 11) is 0. The van der Waals surface area contributed by atoms with E-state index in [9.17, 15) is 0 Å². The van der Waals surface area contributed by atoms with Crippen LogP contribution in [0.5, 0.6) is 0 Å². The minimum atomic E-state index is 0.891. The molecule has 80 valence electrons. The molecule has 1 heteroatoms. The second-order valence-electron chi connectivity index (χ2n) is 5.31. The van der Waals surface area contributed by atoms with Gasteiger partial charge in [-0.25, -0.2) is 0 Å². The van der Waals surface area contributed by atoms with E-state index in [0.29, 0.717) is 0 Å². The van der Waals surface area contributed by atoms with Crippen molar-refractivity contribution < 1.29 is 0 Å². The molecule has 1 nitrogen and oxygen atoms in total. The highest BCUT2D eigenvalue weighted by molar-refractivity contribution is 5.87. The van der Waals surface area contributed by atoms with E-state index in [2.05, 4.69) is 6.92 Å². The fraction of sp³-hybridized carbons (Fsp3) is 0.923. The molecule has 14 heavy (non-hydrogen) atoms. The Balaban J connectivity index is 1.53. The van der Waals surface area contributed by atoms with Gasteiger partial charge >= 0.3 is 0 Å². The van der Waals surface area contributed by atoms with Crippen LogP contribution in [0.25, 0.3) is 0 Å². The van der Waals surface area contributed by atoms with Crippen LogP contribution >= 0.6 is 0 Å². The third kappa shape index (κ3) is 2.18. The third-order valence-corrected chi connectivity index (χ3v) is 4.36. The minimum absolute atomic E-state index is 0.891. The fourth-order valence-electron chi connectivity index (χ4n) is 3.07. The Morgan fingerprint density at radius 2 is 1.86 bits per heavy atom. The largest absolute Gasteiger partial charge is 0.310 e. The maximum atomic E-state index is 7.39. The molecule has 2 fully saturated rings. The van der Waals surface area contributed by atoms with Crippen LogP contribution in [0.15, 0.2) is 0 Å². The van der Waals surface area contributed by atoms with Crippen LogP contribution in [0.2, 0.25) is 0 Å². The van der Waals surface area contributed by atoms with Gasteiger partial charge in [-0.15, -0.1) is 0 Å². The van der Waals surface area contributed by atoms with E-state index in [-0.39, 0.29) is 0 Å². The van der Waals surface area contributed by atoms with Gasteiger partial charge in [0.1, 0.15) is 0 Å². The Morgan fingerprint density at radius 1 is 1.14 bits per heavy atom. The van der Waals surface area contributed by atoms with Crippen LogP contribution < -0.4 is 0 Å². The molecular weight excluding hydrogens is 170 g/mol. The summed E-state index contributed by atoms with van der Waals surface area (Å²) in [4.78, 5) is 0. The molecule has 0 saturated heterocycles. The first-order valence-electron chi connectivity index (χ1n) is 6.36. The van der Waals surface area contributed by atoms with Gasteiger partial charge in [0.15, 0.2) is 0 Å². The summed E-state index contributed by atoms with van der Waals surface area (Å²) in [6.45, 7) is 2.34. The standard InChI is InChI=1S/C13H23N/c1-2-11-6-7-12(11)5-3-4-10-8-13(14)9-10/h10-12,14H,2-9H2,1H3. The molecule has 2 aliphatic carbocycles. The van der Waals surface area contributed by atoms with Crippen molar-refractivity contribution in [1.82, 2.24) is 0 Å². The Hall–Kier alpha value is -0.330. The predicted molar refractivity (Wildman–Crippen MR) is 60.8 cm³/mol. The zero-order chi connectivity index (χ0) is 9.97. The fourth-order valence-corrected chi connectivity index (χ4v) is 3.07. The molecule has 2 rings (SSSR count). The van der Waals surface area contributed by atoms with Gasteiger partial charge in [-0.3, -0.25) is 0 Å². The maximum absolute atomic E-state index is 7.39. The zero-order valence-electron chi connectivity index (χ0n) is 9.39. The molecule has 0 radical (unpaired) electrons. The van der Waals surface area contributed by atoms with Crippen LogP contribution in [0.4, 0.5) is 0 Å².